The van der Waals surface area contributed by atoms with Gasteiger partial charge in [0.1, 0.15) is 0 Å². The first kappa shape index (κ1) is 28.3. The minimum atomic E-state index is -1.24. The van der Waals surface area contributed by atoms with Crippen molar-refractivity contribution in [1.29, 1.82) is 0 Å². The van der Waals surface area contributed by atoms with Crippen LogP contribution in [-0.4, -0.2) is 17.9 Å². The zero-order valence-corrected chi connectivity index (χ0v) is 20.2. The summed E-state index contributed by atoms with van der Waals surface area (Å²) >= 11 is 0. The number of carbonyl (C=O) groups is 2. The number of hydrogen-bond donors (Lipinski definition) is 1. The van der Waals surface area contributed by atoms with Gasteiger partial charge in [0.15, 0.2) is 0 Å². The molecule has 0 spiro atoms. The van der Waals surface area contributed by atoms with Gasteiger partial charge in [-0.3, -0.25) is 4.79 Å². The van der Waals surface area contributed by atoms with Crippen LogP contribution in [-0.2, 0) is 9.59 Å². The average molecular weight is 390 g/mol. The number of carboxylic acids is 1. The molecule has 0 aliphatic carbocycles. The van der Waals surface area contributed by atoms with Crippen molar-refractivity contribution >= 4 is 11.9 Å². The van der Waals surface area contributed by atoms with E-state index in [1.807, 2.05) is 0 Å². The van der Waals surface area contributed by atoms with Crippen molar-refractivity contribution in [2.45, 2.75) is 96.9 Å². The van der Waals surface area contributed by atoms with Crippen LogP contribution in [0, 0.1) is 0 Å². The fraction of sp³-hybridized carbons (Fsp3) is 0.714. The Balaban J connectivity index is 0. The van der Waals surface area contributed by atoms with E-state index in [-0.39, 0.29) is 57.3 Å². The number of hydrogen-bond acceptors (Lipinski definition) is 3. The van der Waals surface area contributed by atoms with Gasteiger partial charge in [-0.1, -0.05) is 63.3 Å². The summed E-state index contributed by atoms with van der Waals surface area (Å²) < 4.78 is 0. The Morgan fingerprint density at radius 3 is 2.00 bits per heavy atom. The van der Waals surface area contributed by atoms with Crippen LogP contribution in [0.25, 0.3) is 0 Å². The number of rotatable bonds is 16. The van der Waals surface area contributed by atoms with Crippen LogP contribution in [0.3, 0.4) is 0 Å². The summed E-state index contributed by atoms with van der Waals surface area (Å²) in [5, 5.41) is 12.9. The standard InChI is InChI=1S/C21H37NO3.K/c1-3-4-5-6-7-8-9-10-11-12-13-14-15-16-17-18-20(23)22-19(2)21(24)25;/h7-8,10-11,19H,3-6,9,12-18H2,1-2H3,(H,22,23)(H,24,25);/q;+1/p-1/b8-7-,11-10-;/t19-;/m0./s1. The number of carbonyl (C=O) groups excluding carboxylic acids is 2. The number of amides is 1. The Labute approximate surface area is 202 Å². The minimum Gasteiger partial charge on any atom is -0.548 e. The van der Waals surface area contributed by atoms with Gasteiger partial charge >= 0.3 is 51.4 Å². The third kappa shape index (κ3) is 20.4. The monoisotopic (exact) mass is 389 g/mol. The number of allylic oxidation sites excluding steroid dienone is 4. The number of nitrogens with one attached hydrogen (secondary N) is 1. The molecule has 144 valence electrons. The average Bonchev–Trinajstić information content (AvgIpc) is 2.58. The first-order valence-corrected chi connectivity index (χ1v) is 9.88. The van der Waals surface area contributed by atoms with E-state index in [4.69, 9.17) is 0 Å². The van der Waals surface area contributed by atoms with Gasteiger partial charge in [0.05, 0.1) is 12.0 Å². The van der Waals surface area contributed by atoms with Crippen molar-refractivity contribution < 1.29 is 66.1 Å². The molecule has 0 aromatic rings. The van der Waals surface area contributed by atoms with Crippen molar-refractivity contribution in [1.82, 2.24) is 5.32 Å². The summed E-state index contributed by atoms with van der Waals surface area (Å²) in [6, 6.07) is -0.912. The molecule has 0 saturated carbocycles. The summed E-state index contributed by atoms with van der Waals surface area (Å²) in [7, 11) is 0. The molecule has 0 saturated heterocycles. The van der Waals surface area contributed by atoms with Gasteiger partial charge in [-0.15, -0.1) is 0 Å². The van der Waals surface area contributed by atoms with Crippen molar-refractivity contribution in [2.24, 2.45) is 0 Å². The van der Waals surface area contributed by atoms with Gasteiger partial charge in [-0.05, 0) is 45.4 Å². The van der Waals surface area contributed by atoms with Crippen LogP contribution in [0.1, 0.15) is 90.9 Å². The van der Waals surface area contributed by atoms with Gasteiger partial charge in [0, 0.05) is 6.42 Å². The maximum absolute atomic E-state index is 11.5. The molecule has 0 bridgehead atoms. The second-order valence-electron chi connectivity index (χ2n) is 6.59. The van der Waals surface area contributed by atoms with E-state index in [0.717, 1.165) is 32.1 Å². The van der Waals surface area contributed by atoms with E-state index in [0.29, 0.717) is 6.42 Å². The van der Waals surface area contributed by atoms with Gasteiger partial charge in [-0.2, -0.15) is 0 Å². The second kappa shape index (κ2) is 21.4. The molecule has 0 heterocycles. The van der Waals surface area contributed by atoms with Crippen LogP contribution >= 0.6 is 0 Å². The van der Waals surface area contributed by atoms with Gasteiger partial charge in [0.25, 0.3) is 0 Å². The molecular formula is C21H36KNO3. The molecule has 1 N–H and O–H groups in total. The van der Waals surface area contributed by atoms with E-state index in [1.54, 1.807) is 0 Å². The topological polar surface area (TPSA) is 69.2 Å². The summed E-state index contributed by atoms with van der Waals surface area (Å²) in [5.41, 5.74) is 0. The molecule has 0 aliphatic heterocycles. The van der Waals surface area contributed by atoms with Crippen molar-refractivity contribution in [3.63, 3.8) is 0 Å². The summed E-state index contributed by atoms with van der Waals surface area (Å²) in [4.78, 5) is 22.0. The van der Waals surface area contributed by atoms with Crippen LogP contribution in [0.2, 0.25) is 0 Å². The first-order valence-electron chi connectivity index (χ1n) is 9.88. The fourth-order valence-electron chi connectivity index (χ4n) is 2.47. The molecule has 26 heavy (non-hydrogen) atoms. The Morgan fingerprint density at radius 2 is 1.42 bits per heavy atom. The zero-order valence-electron chi connectivity index (χ0n) is 17.1. The molecule has 1 atom stereocenters. The number of carboxylic acid groups (broad SMARTS) is 1. The minimum absolute atomic E-state index is 0. The fourth-order valence-corrected chi connectivity index (χ4v) is 2.47. The molecular weight excluding hydrogens is 353 g/mol. The molecule has 0 rings (SSSR count). The summed E-state index contributed by atoms with van der Waals surface area (Å²) in [6.07, 6.45) is 22.0. The van der Waals surface area contributed by atoms with Gasteiger partial charge in [0.2, 0.25) is 5.91 Å². The van der Waals surface area contributed by atoms with Crippen molar-refractivity contribution in [2.75, 3.05) is 0 Å². The smallest absolute Gasteiger partial charge is 0.548 e. The quantitative estimate of drug-likeness (QED) is 0.244. The second-order valence-corrected chi connectivity index (χ2v) is 6.59. The van der Waals surface area contributed by atoms with Gasteiger partial charge < -0.3 is 15.2 Å². The molecule has 5 heteroatoms. The van der Waals surface area contributed by atoms with E-state index in [9.17, 15) is 14.7 Å². The van der Waals surface area contributed by atoms with Crippen LogP contribution in [0.4, 0.5) is 0 Å². The van der Waals surface area contributed by atoms with Crippen LogP contribution in [0.5, 0.6) is 0 Å². The summed E-state index contributed by atoms with van der Waals surface area (Å²) in [6.45, 7) is 3.65. The predicted molar refractivity (Wildman–Crippen MR) is 102 cm³/mol. The molecule has 0 radical (unpaired) electrons. The Kier molecular flexibility index (Phi) is 23.2. The normalized spacial score (nSPS) is 12.2. The largest absolute Gasteiger partial charge is 1.00 e. The molecule has 1 amide bonds. The SMILES string of the molecule is CCCCC/C=C\C/C=C\CCCCCCCC(=O)N[C@@H](C)C(=O)[O-].[K+]. The van der Waals surface area contributed by atoms with Crippen molar-refractivity contribution in [3.05, 3.63) is 24.3 Å². The Bertz CT molecular complexity index is 408. The molecule has 0 fully saturated rings. The third-order valence-corrected chi connectivity index (χ3v) is 4.09. The Hall–Kier alpha value is 0.0564. The van der Waals surface area contributed by atoms with E-state index < -0.39 is 12.0 Å². The predicted octanol–water partition coefficient (Wildman–Crippen LogP) is 1.06. The molecule has 4 nitrogen and oxygen atoms in total. The van der Waals surface area contributed by atoms with E-state index in [2.05, 4.69) is 36.5 Å². The molecule has 0 unspecified atom stereocenters. The van der Waals surface area contributed by atoms with Crippen LogP contribution in [0.15, 0.2) is 24.3 Å². The first-order chi connectivity index (χ1) is 12.1. The summed E-state index contributed by atoms with van der Waals surface area (Å²) in [5.74, 6) is -1.45. The molecule has 0 aliphatic rings. The van der Waals surface area contributed by atoms with Crippen molar-refractivity contribution in [3.8, 4) is 0 Å². The third-order valence-electron chi connectivity index (χ3n) is 4.09. The molecule has 0 aromatic carbocycles. The number of unbranched alkanes of at least 4 members (excludes halogenated alkanes) is 8. The maximum Gasteiger partial charge on any atom is 1.00 e. The Morgan fingerprint density at radius 1 is 0.885 bits per heavy atom. The number of aliphatic carboxylic acids is 1. The van der Waals surface area contributed by atoms with E-state index >= 15 is 0 Å². The maximum atomic E-state index is 11.5. The van der Waals surface area contributed by atoms with Gasteiger partial charge in [-0.25, -0.2) is 0 Å². The van der Waals surface area contributed by atoms with Crippen LogP contribution < -0.4 is 61.8 Å². The zero-order chi connectivity index (χ0) is 18.8. The van der Waals surface area contributed by atoms with E-state index in [1.165, 1.54) is 45.4 Å². The molecule has 0 aromatic heterocycles.